The van der Waals surface area contributed by atoms with Gasteiger partial charge in [0, 0.05) is 28.5 Å². The highest BCUT2D eigenvalue weighted by Crippen LogP contribution is 2.31. The van der Waals surface area contributed by atoms with Gasteiger partial charge in [0.15, 0.2) is 0 Å². The Bertz CT molecular complexity index is 973. The van der Waals surface area contributed by atoms with Gasteiger partial charge < -0.3 is 10.1 Å². The number of halogens is 1. The molecule has 1 aliphatic heterocycles. The van der Waals surface area contributed by atoms with Gasteiger partial charge in [-0.05, 0) is 43.2 Å². The molecule has 2 heterocycles. The minimum atomic E-state index is -0.1000. The van der Waals surface area contributed by atoms with Crippen LogP contribution in [0, 0.1) is 0 Å². The molecule has 0 saturated carbocycles. The number of amides is 1. The minimum absolute atomic E-state index is 0.1000. The van der Waals surface area contributed by atoms with Crippen LogP contribution < -0.4 is 5.32 Å². The van der Waals surface area contributed by atoms with Crippen LogP contribution in [0.25, 0.3) is 10.9 Å². The van der Waals surface area contributed by atoms with E-state index in [9.17, 15) is 4.79 Å². The van der Waals surface area contributed by atoms with E-state index in [0.717, 1.165) is 40.3 Å². The van der Waals surface area contributed by atoms with Gasteiger partial charge in [-0.2, -0.15) is 0 Å². The Balaban J connectivity index is 1.62. The lowest BCUT2D eigenvalue weighted by Gasteiger charge is -2.13. The van der Waals surface area contributed by atoms with E-state index in [1.165, 1.54) is 11.8 Å². The molecular weight excluding hydrogens is 380 g/mol. The zero-order valence-corrected chi connectivity index (χ0v) is 16.2. The lowest BCUT2D eigenvalue weighted by Crippen LogP contribution is -2.31. The van der Waals surface area contributed by atoms with Crippen LogP contribution in [-0.2, 0) is 4.74 Å². The van der Waals surface area contributed by atoms with E-state index in [4.69, 9.17) is 21.3 Å². The van der Waals surface area contributed by atoms with Crippen molar-refractivity contribution in [3.63, 3.8) is 0 Å². The molecule has 6 heteroatoms. The van der Waals surface area contributed by atoms with Gasteiger partial charge in [0.25, 0.3) is 5.91 Å². The Hall–Kier alpha value is -2.08. The van der Waals surface area contributed by atoms with Crippen molar-refractivity contribution < 1.29 is 9.53 Å². The van der Waals surface area contributed by atoms with Crippen LogP contribution in [0.15, 0.2) is 64.5 Å². The number of nitrogens with one attached hydrogen (secondary N) is 1. The van der Waals surface area contributed by atoms with Gasteiger partial charge in [-0.25, -0.2) is 4.98 Å². The van der Waals surface area contributed by atoms with Crippen LogP contribution in [0.1, 0.15) is 23.2 Å². The summed E-state index contributed by atoms with van der Waals surface area (Å²) in [6.45, 7) is 1.31. The van der Waals surface area contributed by atoms with Crippen molar-refractivity contribution >= 4 is 40.2 Å². The summed E-state index contributed by atoms with van der Waals surface area (Å²) < 4.78 is 5.60. The summed E-state index contributed by atoms with van der Waals surface area (Å²) >= 11 is 7.57. The number of para-hydroxylation sites is 1. The number of nitrogens with zero attached hydrogens (tertiary/aromatic N) is 1. The number of ether oxygens (including phenoxy) is 1. The highest BCUT2D eigenvalue weighted by atomic mass is 35.5. The fraction of sp³-hybridized carbons (Fsp3) is 0.238. The Morgan fingerprint density at radius 3 is 2.93 bits per heavy atom. The summed E-state index contributed by atoms with van der Waals surface area (Å²) in [5, 5.41) is 5.29. The number of carbonyl (C=O) groups excluding carboxylic acids is 1. The quantitative estimate of drug-likeness (QED) is 0.660. The molecule has 1 aromatic heterocycles. The molecule has 1 N–H and O–H groups in total. The van der Waals surface area contributed by atoms with Gasteiger partial charge in [-0.1, -0.05) is 47.6 Å². The minimum Gasteiger partial charge on any atom is -0.376 e. The van der Waals surface area contributed by atoms with Crippen LogP contribution >= 0.6 is 23.4 Å². The van der Waals surface area contributed by atoms with Crippen LogP contribution in [-0.4, -0.2) is 30.1 Å². The fourth-order valence-corrected chi connectivity index (χ4v) is 4.30. The SMILES string of the molecule is O=C(NC[C@@H]1CCCO1)c1cc(Sc2cccc(Cl)c2)nc2ccccc12. The molecule has 1 aliphatic rings. The molecule has 0 unspecified atom stereocenters. The molecule has 138 valence electrons. The van der Waals surface area contributed by atoms with Crippen LogP contribution in [0.4, 0.5) is 0 Å². The van der Waals surface area contributed by atoms with E-state index in [1.54, 1.807) is 0 Å². The third kappa shape index (κ3) is 4.43. The summed E-state index contributed by atoms with van der Waals surface area (Å²) in [5.41, 5.74) is 1.43. The molecule has 4 nitrogen and oxygen atoms in total. The first-order valence-corrected chi connectivity index (χ1v) is 10.1. The van der Waals surface area contributed by atoms with Crippen molar-refractivity contribution in [2.75, 3.05) is 13.2 Å². The number of hydrogen-bond donors (Lipinski definition) is 1. The van der Waals surface area contributed by atoms with Gasteiger partial charge >= 0.3 is 0 Å². The second-order valence-electron chi connectivity index (χ2n) is 6.43. The summed E-state index contributed by atoms with van der Waals surface area (Å²) in [6, 6.07) is 17.2. The second kappa shape index (κ2) is 8.30. The zero-order chi connectivity index (χ0) is 18.6. The Morgan fingerprint density at radius 1 is 1.22 bits per heavy atom. The van der Waals surface area contributed by atoms with Crippen molar-refractivity contribution in [1.82, 2.24) is 10.3 Å². The average Bonchev–Trinajstić information content (AvgIpc) is 3.19. The molecule has 0 bridgehead atoms. The molecule has 3 aromatic rings. The Morgan fingerprint density at radius 2 is 2.11 bits per heavy atom. The normalized spacial score (nSPS) is 16.6. The molecule has 1 fully saturated rings. The van der Waals surface area contributed by atoms with Gasteiger partial charge in [0.2, 0.25) is 0 Å². The van der Waals surface area contributed by atoms with Crippen molar-refractivity contribution in [1.29, 1.82) is 0 Å². The lowest BCUT2D eigenvalue weighted by atomic mass is 10.1. The van der Waals surface area contributed by atoms with Gasteiger partial charge in [0.05, 0.1) is 17.2 Å². The topological polar surface area (TPSA) is 51.2 Å². The molecule has 1 atom stereocenters. The monoisotopic (exact) mass is 398 g/mol. The maximum atomic E-state index is 12.8. The summed E-state index contributed by atoms with van der Waals surface area (Å²) in [7, 11) is 0. The molecule has 27 heavy (non-hydrogen) atoms. The molecule has 0 radical (unpaired) electrons. The van der Waals surface area contributed by atoms with Crippen molar-refractivity contribution in [3.05, 3.63) is 65.2 Å². The highest BCUT2D eigenvalue weighted by molar-refractivity contribution is 7.99. The molecular formula is C21H19ClN2O2S. The Kier molecular flexibility index (Phi) is 5.62. The summed E-state index contributed by atoms with van der Waals surface area (Å²) in [5.74, 6) is -0.1000. The first-order valence-electron chi connectivity index (χ1n) is 8.92. The van der Waals surface area contributed by atoms with Gasteiger partial charge in [-0.15, -0.1) is 0 Å². The third-order valence-corrected chi connectivity index (χ3v) is 5.61. The largest absolute Gasteiger partial charge is 0.376 e. The molecule has 2 aromatic carbocycles. The molecule has 0 aliphatic carbocycles. The predicted octanol–water partition coefficient (Wildman–Crippen LogP) is 4.95. The summed E-state index contributed by atoms with van der Waals surface area (Å²) in [4.78, 5) is 18.5. The van der Waals surface area contributed by atoms with E-state index >= 15 is 0 Å². The van der Waals surface area contributed by atoms with Crippen molar-refractivity contribution in [2.45, 2.75) is 28.9 Å². The van der Waals surface area contributed by atoms with E-state index < -0.39 is 0 Å². The molecule has 1 amide bonds. The van der Waals surface area contributed by atoms with Crippen LogP contribution in [0.2, 0.25) is 5.02 Å². The molecule has 1 saturated heterocycles. The van der Waals surface area contributed by atoms with E-state index in [-0.39, 0.29) is 12.0 Å². The standard InChI is InChI=1S/C21H19ClN2O2S/c22-14-5-3-7-16(11-14)27-20-12-18(17-8-1-2-9-19(17)24-20)21(25)23-13-15-6-4-10-26-15/h1-3,5,7-9,11-12,15H,4,6,10,13H2,(H,23,25)/t15-/m0/s1. The maximum Gasteiger partial charge on any atom is 0.252 e. The van der Waals surface area contributed by atoms with E-state index in [1.807, 2.05) is 54.6 Å². The Labute approximate surface area is 167 Å². The van der Waals surface area contributed by atoms with E-state index in [2.05, 4.69) is 5.32 Å². The number of rotatable bonds is 5. The number of benzene rings is 2. The van der Waals surface area contributed by atoms with Gasteiger partial charge in [0.1, 0.15) is 5.03 Å². The summed E-state index contributed by atoms with van der Waals surface area (Å²) in [6.07, 6.45) is 2.16. The van der Waals surface area contributed by atoms with E-state index in [0.29, 0.717) is 17.1 Å². The maximum absolute atomic E-state index is 12.8. The molecule has 0 spiro atoms. The fourth-order valence-electron chi connectivity index (χ4n) is 3.15. The predicted molar refractivity (Wildman–Crippen MR) is 109 cm³/mol. The lowest BCUT2D eigenvalue weighted by molar-refractivity contribution is 0.0859. The van der Waals surface area contributed by atoms with Crippen LogP contribution in [0.5, 0.6) is 0 Å². The second-order valence-corrected chi connectivity index (χ2v) is 7.96. The first kappa shape index (κ1) is 18.3. The average molecular weight is 399 g/mol. The number of pyridine rings is 1. The highest BCUT2D eigenvalue weighted by Gasteiger charge is 2.18. The van der Waals surface area contributed by atoms with Crippen molar-refractivity contribution in [2.24, 2.45) is 0 Å². The number of carbonyl (C=O) groups is 1. The van der Waals surface area contributed by atoms with Crippen molar-refractivity contribution in [3.8, 4) is 0 Å². The number of hydrogen-bond acceptors (Lipinski definition) is 4. The number of aromatic nitrogens is 1. The smallest absolute Gasteiger partial charge is 0.252 e. The first-order chi connectivity index (χ1) is 13.2. The third-order valence-electron chi connectivity index (χ3n) is 4.47. The zero-order valence-electron chi connectivity index (χ0n) is 14.7. The van der Waals surface area contributed by atoms with Crippen LogP contribution in [0.3, 0.4) is 0 Å². The van der Waals surface area contributed by atoms with Gasteiger partial charge in [-0.3, -0.25) is 4.79 Å². The molecule has 4 rings (SSSR count). The number of fused-ring (bicyclic) bond motifs is 1.